The highest BCUT2D eigenvalue weighted by Gasteiger charge is 2.48. The van der Waals surface area contributed by atoms with E-state index in [1.165, 1.54) is 0 Å². The third-order valence-electron chi connectivity index (χ3n) is 6.01. The van der Waals surface area contributed by atoms with Crippen LogP contribution >= 0.6 is 0 Å². The zero-order valence-corrected chi connectivity index (χ0v) is 20.7. The number of hydrogen-bond donors (Lipinski definition) is 3. The van der Waals surface area contributed by atoms with Gasteiger partial charge >= 0.3 is 12.1 Å². The van der Waals surface area contributed by atoms with Gasteiger partial charge in [0.2, 0.25) is 5.91 Å². The van der Waals surface area contributed by atoms with Gasteiger partial charge in [-0.05, 0) is 43.9 Å². The smallest absolute Gasteiger partial charge is 0.408 e. The second-order valence-electron chi connectivity index (χ2n) is 9.63. The standard InChI is InChI=1S/C29H32N2O5/c1-28(2,3)36-27(35)31-24(26(33)34)19-23(25(30)32)29(20-13-7-4-8-14-20,21-15-9-5-10-16-21)22-17-11-6-12-18-22/h4-18,23-24H,19H2,1-3H3,(H2,30,32)(H,31,35)(H,33,34)/t23?,24-/m1/s1. The highest BCUT2D eigenvalue weighted by atomic mass is 16.6. The molecule has 3 rings (SSSR count). The van der Waals surface area contributed by atoms with Crippen molar-refractivity contribution in [3.63, 3.8) is 0 Å². The molecule has 0 saturated carbocycles. The maximum Gasteiger partial charge on any atom is 0.408 e. The molecular formula is C29H32N2O5. The lowest BCUT2D eigenvalue weighted by Crippen LogP contribution is -2.51. The molecular weight excluding hydrogens is 456 g/mol. The summed E-state index contributed by atoms with van der Waals surface area (Å²) < 4.78 is 5.27. The highest BCUT2D eigenvalue weighted by molar-refractivity contribution is 5.84. The van der Waals surface area contributed by atoms with E-state index in [0.717, 1.165) is 16.7 Å². The summed E-state index contributed by atoms with van der Waals surface area (Å²) in [5.41, 5.74) is 6.41. The lowest BCUT2D eigenvalue weighted by molar-refractivity contribution is -0.140. The van der Waals surface area contributed by atoms with Gasteiger partial charge < -0.3 is 20.9 Å². The fraction of sp³-hybridized carbons (Fsp3) is 0.276. The lowest BCUT2D eigenvalue weighted by atomic mass is 9.60. The first-order chi connectivity index (χ1) is 17.1. The summed E-state index contributed by atoms with van der Waals surface area (Å²) in [4.78, 5) is 38.0. The van der Waals surface area contributed by atoms with E-state index in [1.54, 1.807) is 20.8 Å². The SMILES string of the molecule is CC(C)(C)OC(=O)N[C@H](CC(C(N)=O)C(c1ccccc1)(c1ccccc1)c1ccccc1)C(=O)O. The number of carbonyl (C=O) groups is 3. The van der Waals surface area contributed by atoms with Crippen molar-refractivity contribution in [1.82, 2.24) is 5.32 Å². The maximum absolute atomic E-state index is 13.2. The van der Waals surface area contributed by atoms with Crippen LogP contribution in [0.3, 0.4) is 0 Å². The Hall–Kier alpha value is -4.13. The molecule has 3 aromatic carbocycles. The van der Waals surface area contributed by atoms with Crippen LogP contribution in [0.15, 0.2) is 91.0 Å². The summed E-state index contributed by atoms with van der Waals surface area (Å²) in [5.74, 6) is -3.03. The molecule has 188 valence electrons. The van der Waals surface area contributed by atoms with Gasteiger partial charge in [-0.3, -0.25) is 4.79 Å². The van der Waals surface area contributed by atoms with Gasteiger partial charge in [0, 0.05) is 0 Å². The summed E-state index contributed by atoms with van der Waals surface area (Å²) >= 11 is 0. The van der Waals surface area contributed by atoms with E-state index in [0.29, 0.717) is 0 Å². The number of alkyl carbamates (subject to hydrolysis) is 1. The number of carboxylic acid groups (broad SMARTS) is 1. The molecule has 2 amide bonds. The Morgan fingerprint density at radius 1 is 0.806 bits per heavy atom. The van der Waals surface area contributed by atoms with Crippen molar-refractivity contribution >= 4 is 18.0 Å². The van der Waals surface area contributed by atoms with Crippen LogP contribution in [0, 0.1) is 5.92 Å². The minimum absolute atomic E-state index is 0.261. The number of primary amides is 1. The Bertz CT molecular complexity index is 1080. The van der Waals surface area contributed by atoms with Gasteiger partial charge in [0.1, 0.15) is 11.6 Å². The molecule has 3 aromatic rings. The van der Waals surface area contributed by atoms with Crippen LogP contribution in [0.2, 0.25) is 0 Å². The molecule has 7 nitrogen and oxygen atoms in total. The number of benzene rings is 3. The maximum atomic E-state index is 13.2. The Morgan fingerprint density at radius 2 is 1.19 bits per heavy atom. The number of nitrogens with two attached hydrogens (primary N) is 1. The number of ether oxygens (including phenoxy) is 1. The van der Waals surface area contributed by atoms with E-state index in [-0.39, 0.29) is 6.42 Å². The average molecular weight is 489 g/mol. The van der Waals surface area contributed by atoms with Crippen molar-refractivity contribution in [2.45, 2.75) is 44.2 Å². The molecule has 0 spiro atoms. The molecule has 0 saturated heterocycles. The first-order valence-electron chi connectivity index (χ1n) is 11.7. The van der Waals surface area contributed by atoms with E-state index >= 15 is 0 Å². The third-order valence-corrected chi connectivity index (χ3v) is 6.01. The van der Waals surface area contributed by atoms with Gasteiger partial charge in [-0.1, -0.05) is 91.0 Å². The first-order valence-corrected chi connectivity index (χ1v) is 11.7. The second-order valence-corrected chi connectivity index (χ2v) is 9.63. The van der Waals surface area contributed by atoms with Crippen LogP contribution in [0.4, 0.5) is 4.79 Å². The van der Waals surface area contributed by atoms with Crippen LogP contribution in [0.5, 0.6) is 0 Å². The Labute approximate surface area is 211 Å². The number of rotatable bonds is 9. The summed E-state index contributed by atoms with van der Waals surface area (Å²) in [5, 5.41) is 12.4. The first kappa shape index (κ1) is 26.5. The molecule has 0 aliphatic rings. The Kier molecular flexibility index (Phi) is 8.14. The quantitative estimate of drug-likeness (QED) is 0.384. The minimum atomic E-state index is -1.42. The van der Waals surface area contributed by atoms with Crippen molar-refractivity contribution in [2.24, 2.45) is 11.7 Å². The number of hydrogen-bond acceptors (Lipinski definition) is 4. The average Bonchev–Trinajstić information content (AvgIpc) is 2.84. The molecule has 0 aliphatic heterocycles. The van der Waals surface area contributed by atoms with Gasteiger partial charge in [0.05, 0.1) is 11.3 Å². The number of carboxylic acids is 1. The van der Waals surface area contributed by atoms with Crippen molar-refractivity contribution in [2.75, 3.05) is 0 Å². The van der Waals surface area contributed by atoms with E-state index in [4.69, 9.17) is 10.5 Å². The van der Waals surface area contributed by atoms with Crippen LogP contribution in [0.25, 0.3) is 0 Å². The van der Waals surface area contributed by atoms with E-state index in [9.17, 15) is 19.5 Å². The zero-order chi connectivity index (χ0) is 26.3. The molecule has 4 N–H and O–H groups in total. The molecule has 1 unspecified atom stereocenters. The van der Waals surface area contributed by atoms with Crippen LogP contribution in [0.1, 0.15) is 43.9 Å². The number of carbonyl (C=O) groups excluding carboxylic acids is 2. The summed E-state index contributed by atoms with van der Waals surface area (Å²) in [6.45, 7) is 5.04. The van der Waals surface area contributed by atoms with Crippen LogP contribution in [-0.2, 0) is 19.7 Å². The molecule has 36 heavy (non-hydrogen) atoms. The van der Waals surface area contributed by atoms with Crippen molar-refractivity contribution < 1.29 is 24.2 Å². The summed E-state index contributed by atoms with van der Waals surface area (Å²) in [6.07, 6.45) is -1.15. The number of aliphatic carboxylic acids is 1. The topological polar surface area (TPSA) is 119 Å². The predicted octanol–water partition coefficient (Wildman–Crippen LogP) is 4.49. The molecule has 0 aliphatic carbocycles. The van der Waals surface area contributed by atoms with Gasteiger partial charge in [0.25, 0.3) is 0 Å². The third kappa shape index (κ3) is 5.92. The normalized spacial score (nSPS) is 13.3. The van der Waals surface area contributed by atoms with Gasteiger partial charge in [-0.2, -0.15) is 0 Å². The Balaban J connectivity index is 2.22. The molecule has 7 heteroatoms. The predicted molar refractivity (Wildman–Crippen MR) is 137 cm³/mol. The molecule has 0 bridgehead atoms. The highest BCUT2D eigenvalue weighted by Crippen LogP contribution is 2.47. The molecule has 0 radical (unpaired) electrons. The van der Waals surface area contributed by atoms with Gasteiger partial charge in [-0.25, -0.2) is 9.59 Å². The fourth-order valence-corrected chi connectivity index (χ4v) is 4.62. The van der Waals surface area contributed by atoms with Crippen LogP contribution in [-0.4, -0.2) is 34.7 Å². The minimum Gasteiger partial charge on any atom is -0.480 e. The number of nitrogens with one attached hydrogen (secondary N) is 1. The monoisotopic (exact) mass is 488 g/mol. The fourth-order valence-electron chi connectivity index (χ4n) is 4.62. The molecule has 2 atom stereocenters. The summed E-state index contributed by atoms with van der Waals surface area (Å²) in [6, 6.07) is 26.7. The van der Waals surface area contributed by atoms with Crippen molar-refractivity contribution in [3.8, 4) is 0 Å². The zero-order valence-electron chi connectivity index (χ0n) is 20.7. The number of amides is 2. The van der Waals surface area contributed by atoms with Gasteiger partial charge in [-0.15, -0.1) is 0 Å². The summed E-state index contributed by atoms with van der Waals surface area (Å²) in [7, 11) is 0. The molecule has 0 heterocycles. The van der Waals surface area contributed by atoms with Gasteiger partial charge in [0.15, 0.2) is 0 Å². The lowest BCUT2D eigenvalue weighted by Gasteiger charge is -2.42. The van der Waals surface area contributed by atoms with Crippen molar-refractivity contribution in [1.29, 1.82) is 0 Å². The second kappa shape index (κ2) is 11.1. The molecule has 0 aromatic heterocycles. The Morgan fingerprint density at radius 3 is 1.50 bits per heavy atom. The van der Waals surface area contributed by atoms with E-state index in [2.05, 4.69) is 5.32 Å². The largest absolute Gasteiger partial charge is 0.480 e. The van der Waals surface area contributed by atoms with Crippen molar-refractivity contribution in [3.05, 3.63) is 108 Å². The van der Waals surface area contributed by atoms with E-state index in [1.807, 2.05) is 91.0 Å². The molecule has 0 fully saturated rings. The van der Waals surface area contributed by atoms with E-state index < -0.39 is 40.9 Å². The van der Waals surface area contributed by atoms with Crippen LogP contribution < -0.4 is 11.1 Å².